The number of aryl methyl sites for hydroxylation is 1. The van der Waals surface area contributed by atoms with E-state index in [9.17, 15) is 4.79 Å². The maximum Gasteiger partial charge on any atom is 0.274 e. The van der Waals surface area contributed by atoms with Gasteiger partial charge in [0.1, 0.15) is 5.69 Å². The molecule has 3 atom stereocenters. The average Bonchev–Trinajstić information content (AvgIpc) is 2.95. The second-order valence-corrected chi connectivity index (χ2v) is 5.60. The van der Waals surface area contributed by atoms with Crippen LogP contribution < -0.4 is 5.73 Å². The zero-order chi connectivity index (χ0) is 12.7. The van der Waals surface area contributed by atoms with E-state index in [2.05, 4.69) is 5.10 Å². The smallest absolute Gasteiger partial charge is 0.274 e. The summed E-state index contributed by atoms with van der Waals surface area (Å²) in [5, 5.41) is 4.19. The van der Waals surface area contributed by atoms with Crippen molar-refractivity contribution in [2.45, 2.75) is 25.3 Å². The van der Waals surface area contributed by atoms with Gasteiger partial charge in [-0.3, -0.25) is 9.48 Å². The van der Waals surface area contributed by atoms with Crippen molar-refractivity contribution in [1.29, 1.82) is 0 Å². The Bertz CT molecular complexity index is 456. The number of carbonyl (C=O) groups is 1. The molecule has 0 spiro atoms. The van der Waals surface area contributed by atoms with Crippen molar-refractivity contribution in [2.24, 2.45) is 24.6 Å². The van der Waals surface area contributed by atoms with Gasteiger partial charge >= 0.3 is 0 Å². The maximum atomic E-state index is 12.3. The van der Waals surface area contributed by atoms with Crippen LogP contribution in [0.3, 0.4) is 0 Å². The molecule has 1 aliphatic carbocycles. The van der Waals surface area contributed by atoms with Crippen molar-refractivity contribution < 1.29 is 4.79 Å². The third-order valence-electron chi connectivity index (χ3n) is 4.37. The van der Waals surface area contributed by atoms with E-state index in [0.29, 0.717) is 17.5 Å². The molecule has 2 heterocycles. The zero-order valence-electron chi connectivity index (χ0n) is 10.7. The minimum Gasteiger partial charge on any atom is -0.337 e. The predicted molar refractivity (Wildman–Crippen MR) is 67.9 cm³/mol. The summed E-state index contributed by atoms with van der Waals surface area (Å²) in [6, 6.07) is 2.05. The second-order valence-electron chi connectivity index (χ2n) is 5.60. The van der Waals surface area contributed by atoms with Crippen LogP contribution in [0, 0.1) is 11.8 Å². The van der Waals surface area contributed by atoms with Crippen molar-refractivity contribution in [3.05, 3.63) is 18.0 Å². The number of fused-ring (bicyclic) bond motifs is 1. The molecule has 18 heavy (non-hydrogen) atoms. The van der Waals surface area contributed by atoms with E-state index in [1.54, 1.807) is 10.7 Å². The number of amides is 1. The number of hydrogen-bond acceptors (Lipinski definition) is 3. The second kappa shape index (κ2) is 4.39. The Labute approximate surface area is 107 Å². The fourth-order valence-corrected chi connectivity index (χ4v) is 3.37. The summed E-state index contributed by atoms with van der Waals surface area (Å²) in [5.41, 5.74) is 6.71. The van der Waals surface area contributed by atoms with E-state index in [0.717, 1.165) is 19.5 Å². The summed E-state index contributed by atoms with van der Waals surface area (Å²) >= 11 is 0. The highest BCUT2D eigenvalue weighted by molar-refractivity contribution is 5.92. The van der Waals surface area contributed by atoms with Gasteiger partial charge in [-0.25, -0.2) is 0 Å². The summed E-state index contributed by atoms with van der Waals surface area (Å²) in [4.78, 5) is 14.3. The molecule has 1 saturated carbocycles. The van der Waals surface area contributed by atoms with Gasteiger partial charge in [-0.1, -0.05) is 6.42 Å². The molecular weight excluding hydrogens is 228 g/mol. The molecule has 0 bridgehead atoms. The fourth-order valence-electron chi connectivity index (χ4n) is 3.37. The van der Waals surface area contributed by atoms with E-state index < -0.39 is 0 Å². The molecule has 1 aliphatic heterocycles. The van der Waals surface area contributed by atoms with E-state index in [1.807, 2.05) is 18.1 Å². The van der Waals surface area contributed by atoms with Crippen LogP contribution in [0.4, 0.5) is 0 Å². The Hall–Kier alpha value is -1.36. The number of nitrogens with two attached hydrogens (primary N) is 1. The van der Waals surface area contributed by atoms with Gasteiger partial charge in [0.05, 0.1) is 0 Å². The topological polar surface area (TPSA) is 64.2 Å². The zero-order valence-corrected chi connectivity index (χ0v) is 10.7. The Morgan fingerprint density at radius 1 is 1.44 bits per heavy atom. The van der Waals surface area contributed by atoms with Gasteiger partial charge in [0.15, 0.2) is 0 Å². The van der Waals surface area contributed by atoms with Crippen molar-refractivity contribution in [3.63, 3.8) is 0 Å². The van der Waals surface area contributed by atoms with Crippen LogP contribution >= 0.6 is 0 Å². The van der Waals surface area contributed by atoms with Gasteiger partial charge in [-0.15, -0.1) is 0 Å². The Balaban J connectivity index is 1.73. The first-order valence-electron chi connectivity index (χ1n) is 6.69. The third kappa shape index (κ3) is 1.92. The van der Waals surface area contributed by atoms with Crippen LogP contribution in [-0.4, -0.2) is 39.7 Å². The normalized spacial score (nSPS) is 31.4. The van der Waals surface area contributed by atoms with E-state index in [1.165, 1.54) is 12.8 Å². The first kappa shape index (κ1) is 11.7. The first-order valence-corrected chi connectivity index (χ1v) is 6.69. The molecule has 2 N–H and O–H groups in total. The van der Waals surface area contributed by atoms with Crippen molar-refractivity contribution in [1.82, 2.24) is 14.7 Å². The molecule has 0 aromatic carbocycles. The van der Waals surface area contributed by atoms with Crippen LogP contribution in [0.5, 0.6) is 0 Å². The number of aromatic nitrogens is 2. The van der Waals surface area contributed by atoms with Crippen molar-refractivity contribution in [2.75, 3.05) is 13.1 Å². The Kier molecular flexibility index (Phi) is 2.86. The van der Waals surface area contributed by atoms with E-state index >= 15 is 0 Å². The molecule has 0 radical (unpaired) electrons. The molecule has 1 aromatic rings. The molecule has 5 nitrogen and oxygen atoms in total. The minimum absolute atomic E-state index is 0.0530. The van der Waals surface area contributed by atoms with E-state index in [4.69, 9.17) is 5.73 Å². The Morgan fingerprint density at radius 3 is 2.94 bits per heavy atom. The number of carbonyl (C=O) groups excluding carboxylic acids is 1. The van der Waals surface area contributed by atoms with Crippen molar-refractivity contribution in [3.8, 4) is 0 Å². The van der Waals surface area contributed by atoms with Crippen molar-refractivity contribution >= 4 is 5.91 Å². The van der Waals surface area contributed by atoms with E-state index in [-0.39, 0.29) is 11.9 Å². The maximum absolute atomic E-state index is 12.3. The molecular formula is C13H20N4O. The highest BCUT2D eigenvalue weighted by Crippen LogP contribution is 2.35. The van der Waals surface area contributed by atoms with Gasteiger partial charge in [0.2, 0.25) is 0 Å². The number of likely N-dealkylation sites (tertiary alicyclic amines) is 1. The van der Waals surface area contributed by atoms with Crippen LogP contribution in [0.15, 0.2) is 12.3 Å². The van der Waals surface area contributed by atoms with Gasteiger partial charge in [0.25, 0.3) is 5.91 Å². The molecule has 3 rings (SSSR count). The lowest BCUT2D eigenvalue weighted by molar-refractivity contribution is 0.0777. The van der Waals surface area contributed by atoms with Gasteiger partial charge < -0.3 is 10.6 Å². The first-order chi connectivity index (χ1) is 8.65. The monoisotopic (exact) mass is 248 g/mol. The minimum atomic E-state index is 0.0530. The summed E-state index contributed by atoms with van der Waals surface area (Å²) in [7, 11) is 1.83. The number of rotatable bonds is 1. The predicted octanol–water partition coefficient (Wildman–Crippen LogP) is 0.620. The molecule has 2 aliphatic rings. The molecule has 98 valence electrons. The van der Waals surface area contributed by atoms with Crippen LogP contribution in [-0.2, 0) is 7.05 Å². The molecule has 1 aromatic heterocycles. The van der Waals surface area contributed by atoms with Crippen LogP contribution in [0.1, 0.15) is 29.8 Å². The fraction of sp³-hybridized carbons (Fsp3) is 0.692. The molecule has 1 saturated heterocycles. The van der Waals surface area contributed by atoms with Gasteiger partial charge in [-0.05, 0) is 30.7 Å². The summed E-state index contributed by atoms with van der Waals surface area (Å²) in [6.45, 7) is 1.66. The summed E-state index contributed by atoms with van der Waals surface area (Å²) in [5.74, 6) is 1.14. The highest BCUT2D eigenvalue weighted by atomic mass is 16.2. The highest BCUT2D eigenvalue weighted by Gasteiger charge is 2.40. The lowest BCUT2D eigenvalue weighted by Crippen LogP contribution is -2.38. The standard InChI is InChI=1S/C13H20N4O/c1-16-6-5-12(15-16)13(18)17-7-9-3-2-4-11(14)10(9)8-17/h5-6,9-11H,2-4,7-8,14H2,1H3. The third-order valence-corrected chi connectivity index (χ3v) is 4.37. The molecule has 5 heteroatoms. The number of hydrogen-bond donors (Lipinski definition) is 1. The quantitative estimate of drug-likeness (QED) is 0.792. The molecule has 2 fully saturated rings. The van der Waals surface area contributed by atoms with Gasteiger partial charge in [-0.2, -0.15) is 5.10 Å². The average molecular weight is 248 g/mol. The van der Waals surface area contributed by atoms with Crippen LogP contribution in [0.2, 0.25) is 0 Å². The molecule has 1 amide bonds. The van der Waals surface area contributed by atoms with Crippen LogP contribution in [0.25, 0.3) is 0 Å². The number of nitrogens with zero attached hydrogens (tertiary/aromatic N) is 3. The SMILES string of the molecule is Cn1ccc(C(=O)N2CC3CCCC(N)C3C2)n1. The lowest BCUT2D eigenvalue weighted by atomic mass is 9.78. The Morgan fingerprint density at radius 2 is 2.28 bits per heavy atom. The largest absolute Gasteiger partial charge is 0.337 e. The lowest BCUT2D eigenvalue weighted by Gasteiger charge is -2.29. The summed E-state index contributed by atoms with van der Waals surface area (Å²) < 4.78 is 1.67. The summed E-state index contributed by atoms with van der Waals surface area (Å²) in [6.07, 6.45) is 5.33. The molecule has 3 unspecified atom stereocenters. The van der Waals surface area contributed by atoms with Gasteiger partial charge in [0, 0.05) is 32.4 Å².